The molecule has 3 nitrogen and oxygen atoms in total. The molecule has 3 heteroatoms. The maximum absolute atomic E-state index is 10.3. The van der Waals surface area contributed by atoms with Gasteiger partial charge in [0.25, 0.3) is 0 Å². The zero-order valence-electron chi connectivity index (χ0n) is 19.3. The Balaban J connectivity index is 1.54. The average Bonchev–Trinajstić information content (AvgIpc) is 3.31. The number of hydrogen-bond donors (Lipinski definition) is 2. The van der Waals surface area contributed by atoms with Crippen molar-refractivity contribution in [1.29, 1.82) is 0 Å². The molecule has 1 heterocycles. The number of rotatable bonds is 4. The molecule has 7 atom stereocenters. The minimum Gasteiger partial charge on any atom is -0.396 e. The first kappa shape index (κ1) is 21.3. The van der Waals surface area contributed by atoms with E-state index in [1.165, 1.54) is 35.7 Å². The van der Waals surface area contributed by atoms with Crippen LogP contribution >= 0.6 is 0 Å². The topological polar surface area (TPSA) is 45.4 Å². The molecule has 0 bridgehead atoms. The van der Waals surface area contributed by atoms with E-state index < -0.39 is 0 Å². The number of fused-ring (bicyclic) bond motifs is 2. The van der Waals surface area contributed by atoms with Gasteiger partial charge in [-0.1, -0.05) is 44.2 Å². The van der Waals surface area contributed by atoms with E-state index in [0.717, 1.165) is 32.2 Å². The molecule has 1 aromatic carbocycles. The third-order valence-electron chi connectivity index (χ3n) is 10.1. The highest BCUT2D eigenvalue weighted by molar-refractivity contribution is 5.79. The van der Waals surface area contributed by atoms with Crippen molar-refractivity contribution in [2.45, 2.75) is 71.4 Å². The Morgan fingerprint density at radius 3 is 2.68 bits per heavy atom. The molecule has 0 amide bonds. The van der Waals surface area contributed by atoms with Crippen LogP contribution in [0.25, 0.3) is 10.9 Å². The lowest BCUT2D eigenvalue weighted by Gasteiger charge is -2.56. The molecular weight excluding hydrogens is 382 g/mol. The molecule has 0 aliphatic heterocycles. The van der Waals surface area contributed by atoms with Gasteiger partial charge < -0.3 is 14.8 Å². The number of allylic oxidation sites excluding steroid dienone is 1. The van der Waals surface area contributed by atoms with Crippen molar-refractivity contribution < 1.29 is 10.2 Å². The Labute approximate surface area is 187 Å². The Morgan fingerprint density at radius 1 is 1.06 bits per heavy atom. The van der Waals surface area contributed by atoms with Crippen LogP contribution in [0.5, 0.6) is 0 Å². The summed E-state index contributed by atoms with van der Waals surface area (Å²) in [6, 6.07) is 11.0. The molecular formula is C28H39NO2. The van der Waals surface area contributed by atoms with Crippen molar-refractivity contribution in [1.82, 2.24) is 4.57 Å². The van der Waals surface area contributed by atoms with Crippen LogP contribution in [0.2, 0.25) is 0 Å². The first-order valence-electron chi connectivity index (χ1n) is 12.4. The van der Waals surface area contributed by atoms with Gasteiger partial charge >= 0.3 is 0 Å². The third kappa shape index (κ3) is 3.31. The zero-order chi connectivity index (χ0) is 21.8. The van der Waals surface area contributed by atoms with Gasteiger partial charge in [0, 0.05) is 24.9 Å². The summed E-state index contributed by atoms with van der Waals surface area (Å²) in [7, 11) is 0. The Hall–Kier alpha value is -1.58. The van der Waals surface area contributed by atoms with Crippen LogP contribution in [0.3, 0.4) is 0 Å². The summed E-state index contributed by atoms with van der Waals surface area (Å²) in [5, 5.41) is 22.0. The van der Waals surface area contributed by atoms with Gasteiger partial charge in [0.2, 0.25) is 0 Å². The zero-order valence-corrected chi connectivity index (χ0v) is 19.3. The first-order valence-corrected chi connectivity index (χ1v) is 12.4. The molecule has 2 N–H and O–H groups in total. The van der Waals surface area contributed by atoms with Crippen LogP contribution in [0.15, 0.2) is 48.7 Å². The lowest BCUT2D eigenvalue weighted by Crippen LogP contribution is -2.52. The second kappa shape index (κ2) is 7.78. The van der Waals surface area contributed by atoms with E-state index in [4.69, 9.17) is 0 Å². The number of benzene rings is 1. The minimum absolute atomic E-state index is 0.0901. The molecule has 3 fully saturated rings. The summed E-state index contributed by atoms with van der Waals surface area (Å²) in [5.74, 6) is 1.99. The van der Waals surface area contributed by atoms with Crippen molar-refractivity contribution >= 4 is 10.9 Å². The number of aliphatic hydroxyl groups is 2. The van der Waals surface area contributed by atoms with Crippen LogP contribution in [0, 0.1) is 34.5 Å². The smallest absolute Gasteiger partial charge is 0.0544 e. The van der Waals surface area contributed by atoms with Crippen LogP contribution < -0.4 is 0 Å². The van der Waals surface area contributed by atoms with Gasteiger partial charge in [-0.25, -0.2) is 0 Å². The summed E-state index contributed by atoms with van der Waals surface area (Å²) in [4.78, 5) is 0. The lowest BCUT2D eigenvalue weighted by molar-refractivity contribution is -0.0972. The highest BCUT2D eigenvalue weighted by Gasteiger charge is 2.56. The fourth-order valence-electron chi connectivity index (χ4n) is 7.96. The van der Waals surface area contributed by atoms with Gasteiger partial charge in [-0.3, -0.25) is 0 Å². The summed E-state index contributed by atoms with van der Waals surface area (Å²) < 4.78 is 2.48. The number of aliphatic hydroxyl groups excluding tert-OH is 2. The summed E-state index contributed by atoms with van der Waals surface area (Å²) in [5.41, 5.74) is 3.13. The standard InChI is InChI=1S/C28H39NO2/c1-19-8-9-24-23(17-29-15-12-20-6-4-5-7-26(20)29)25(11-14-27(19,24)2)28(3)13-10-22(31)16-21(28)18-30/h4-7,12,15,21-25,30-31H,1,8-11,13-14,16-18H2,2-3H3/t21-,22+,23+,24+,25+,27?,28+/m1/s1. The van der Waals surface area contributed by atoms with Crippen LogP contribution in [-0.2, 0) is 6.54 Å². The predicted molar refractivity (Wildman–Crippen MR) is 127 cm³/mol. The monoisotopic (exact) mass is 421 g/mol. The van der Waals surface area contributed by atoms with Gasteiger partial charge in [0.15, 0.2) is 0 Å². The highest BCUT2D eigenvalue weighted by Crippen LogP contribution is 2.63. The van der Waals surface area contributed by atoms with Crippen molar-refractivity contribution in [3.63, 3.8) is 0 Å². The average molecular weight is 422 g/mol. The molecule has 31 heavy (non-hydrogen) atoms. The van der Waals surface area contributed by atoms with E-state index in [-0.39, 0.29) is 29.5 Å². The summed E-state index contributed by atoms with van der Waals surface area (Å²) in [6.45, 7) is 10.6. The summed E-state index contributed by atoms with van der Waals surface area (Å²) >= 11 is 0. The Bertz CT molecular complexity index is 963. The highest BCUT2D eigenvalue weighted by atomic mass is 16.3. The van der Waals surface area contributed by atoms with Crippen LogP contribution in [0.4, 0.5) is 0 Å². The van der Waals surface area contributed by atoms with E-state index in [2.05, 4.69) is 61.5 Å². The summed E-state index contributed by atoms with van der Waals surface area (Å²) in [6.07, 6.45) is 9.50. The Kier molecular flexibility index (Phi) is 5.34. The lowest BCUT2D eigenvalue weighted by atomic mass is 9.49. The van der Waals surface area contributed by atoms with Crippen molar-refractivity contribution in [3.05, 3.63) is 48.7 Å². The quantitative estimate of drug-likeness (QED) is 0.613. The normalized spacial score (nSPS) is 40.9. The third-order valence-corrected chi connectivity index (χ3v) is 10.1. The van der Waals surface area contributed by atoms with Crippen LogP contribution in [0.1, 0.15) is 58.8 Å². The molecule has 1 aromatic heterocycles. The van der Waals surface area contributed by atoms with Gasteiger partial charge in [0.1, 0.15) is 0 Å². The molecule has 0 saturated heterocycles. The number of hydrogen-bond acceptors (Lipinski definition) is 2. The second-order valence-corrected chi connectivity index (χ2v) is 11.3. The van der Waals surface area contributed by atoms with Gasteiger partial charge in [-0.05, 0) is 97.0 Å². The molecule has 3 saturated carbocycles. The van der Waals surface area contributed by atoms with E-state index in [9.17, 15) is 10.2 Å². The molecule has 0 spiro atoms. The van der Waals surface area contributed by atoms with E-state index in [1.54, 1.807) is 0 Å². The fraction of sp³-hybridized carbons (Fsp3) is 0.643. The molecule has 5 rings (SSSR count). The maximum atomic E-state index is 10.3. The van der Waals surface area contributed by atoms with Gasteiger partial charge in [-0.15, -0.1) is 0 Å². The van der Waals surface area contributed by atoms with E-state index in [0.29, 0.717) is 17.8 Å². The largest absolute Gasteiger partial charge is 0.396 e. The van der Waals surface area contributed by atoms with Gasteiger partial charge in [-0.2, -0.15) is 0 Å². The predicted octanol–water partition coefficient (Wildman–Crippen LogP) is 5.80. The number of para-hydroxylation sites is 1. The van der Waals surface area contributed by atoms with E-state index in [1.807, 2.05) is 0 Å². The van der Waals surface area contributed by atoms with E-state index >= 15 is 0 Å². The SMILES string of the molecule is C=C1CC[C@H]2[C@H](Cn3ccc4ccccc43)[C@@H]([C@@]3(C)CC[C@H](O)C[C@@H]3CO)CCC12C. The molecule has 2 aromatic rings. The number of aromatic nitrogens is 1. The van der Waals surface area contributed by atoms with Crippen LogP contribution in [-0.4, -0.2) is 27.5 Å². The molecule has 3 aliphatic carbocycles. The first-order chi connectivity index (χ1) is 14.9. The molecule has 1 unspecified atom stereocenters. The van der Waals surface area contributed by atoms with Crippen molar-refractivity contribution in [2.24, 2.45) is 34.5 Å². The van der Waals surface area contributed by atoms with Gasteiger partial charge in [0.05, 0.1) is 6.10 Å². The van der Waals surface area contributed by atoms with Crippen molar-refractivity contribution in [3.8, 4) is 0 Å². The molecule has 0 radical (unpaired) electrons. The minimum atomic E-state index is -0.253. The Morgan fingerprint density at radius 2 is 1.87 bits per heavy atom. The number of nitrogens with zero attached hydrogens (tertiary/aromatic N) is 1. The van der Waals surface area contributed by atoms with Crippen molar-refractivity contribution in [2.75, 3.05) is 6.61 Å². The molecule has 3 aliphatic rings. The fourth-order valence-corrected chi connectivity index (χ4v) is 7.96. The second-order valence-electron chi connectivity index (χ2n) is 11.3. The molecule has 168 valence electrons. The maximum Gasteiger partial charge on any atom is 0.0544 e.